The monoisotopic (exact) mass is 242 g/mol. The minimum atomic E-state index is 0.453. The van der Waals surface area contributed by atoms with Gasteiger partial charge in [-0.05, 0) is 24.8 Å². The minimum Gasteiger partial charge on any atom is -0.387 e. The zero-order valence-corrected chi connectivity index (χ0v) is 10.9. The Morgan fingerprint density at radius 2 is 1.78 bits per heavy atom. The van der Waals surface area contributed by atoms with Crippen LogP contribution in [-0.2, 0) is 0 Å². The van der Waals surface area contributed by atoms with Gasteiger partial charge in [0.1, 0.15) is 0 Å². The molecule has 0 saturated heterocycles. The molecule has 1 aromatic carbocycles. The van der Waals surface area contributed by atoms with Crippen LogP contribution in [0.15, 0.2) is 35.3 Å². The quantitative estimate of drug-likeness (QED) is 0.639. The topological polar surface area (TPSA) is 38.4 Å². The highest BCUT2D eigenvalue weighted by Crippen LogP contribution is 2.43. The molecule has 2 saturated carbocycles. The summed E-state index contributed by atoms with van der Waals surface area (Å²) in [6.45, 7) is 0. The van der Waals surface area contributed by atoms with E-state index in [1.54, 1.807) is 0 Å². The highest BCUT2D eigenvalue weighted by molar-refractivity contribution is 5.83. The number of nitrogens with two attached hydrogens (primary N) is 1. The van der Waals surface area contributed by atoms with Crippen LogP contribution in [0.1, 0.15) is 50.0 Å². The van der Waals surface area contributed by atoms with Crippen LogP contribution in [0.2, 0.25) is 0 Å². The van der Waals surface area contributed by atoms with Gasteiger partial charge in [-0.1, -0.05) is 49.6 Å². The third-order valence-electron chi connectivity index (χ3n) is 4.32. The van der Waals surface area contributed by atoms with E-state index in [1.807, 2.05) is 0 Å². The van der Waals surface area contributed by atoms with Gasteiger partial charge in [-0.3, -0.25) is 4.99 Å². The Morgan fingerprint density at radius 1 is 1.06 bits per heavy atom. The fourth-order valence-corrected chi connectivity index (χ4v) is 3.08. The summed E-state index contributed by atoms with van der Waals surface area (Å²) in [7, 11) is 0. The minimum absolute atomic E-state index is 0.453. The molecule has 2 unspecified atom stereocenters. The van der Waals surface area contributed by atoms with Crippen molar-refractivity contribution in [3.05, 3.63) is 35.9 Å². The molecule has 0 radical (unpaired) electrons. The molecule has 18 heavy (non-hydrogen) atoms. The first kappa shape index (κ1) is 11.8. The standard InChI is InChI=1S/C16H22N2/c17-16(13-9-5-2-6-10-13)18-15-11-14(15)12-7-3-1-4-8-12/h1,3-4,7-8,13-15H,2,5-6,9-11H2,(H2,17,18). The number of aliphatic imine (C=N–C) groups is 1. The summed E-state index contributed by atoms with van der Waals surface area (Å²) >= 11 is 0. The highest BCUT2D eigenvalue weighted by Gasteiger charge is 2.38. The first-order valence-electron chi connectivity index (χ1n) is 7.22. The third kappa shape index (κ3) is 2.58. The molecule has 0 bridgehead atoms. The van der Waals surface area contributed by atoms with Crippen LogP contribution in [0.3, 0.4) is 0 Å². The predicted octanol–water partition coefficient (Wildman–Crippen LogP) is 3.48. The van der Waals surface area contributed by atoms with E-state index in [1.165, 1.54) is 44.1 Å². The van der Waals surface area contributed by atoms with Crippen molar-refractivity contribution in [1.82, 2.24) is 0 Å². The molecule has 0 spiro atoms. The van der Waals surface area contributed by atoms with Crippen LogP contribution < -0.4 is 5.73 Å². The van der Waals surface area contributed by atoms with Gasteiger partial charge in [0.25, 0.3) is 0 Å². The fourth-order valence-electron chi connectivity index (χ4n) is 3.08. The third-order valence-corrected chi connectivity index (χ3v) is 4.32. The second-order valence-electron chi connectivity index (χ2n) is 5.71. The van der Waals surface area contributed by atoms with Gasteiger partial charge < -0.3 is 5.73 Å². The van der Waals surface area contributed by atoms with Crippen LogP contribution >= 0.6 is 0 Å². The molecule has 2 nitrogen and oxygen atoms in total. The van der Waals surface area contributed by atoms with Crippen molar-refractivity contribution in [2.45, 2.75) is 50.5 Å². The maximum atomic E-state index is 6.18. The molecule has 2 N–H and O–H groups in total. The molecule has 96 valence electrons. The van der Waals surface area contributed by atoms with Gasteiger partial charge in [-0.2, -0.15) is 0 Å². The molecule has 2 atom stereocenters. The Morgan fingerprint density at radius 3 is 2.50 bits per heavy atom. The largest absolute Gasteiger partial charge is 0.387 e. The van der Waals surface area contributed by atoms with Crippen molar-refractivity contribution < 1.29 is 0 Å². The van der Waals surface area contributed by atoms with Crippen molar-refractivity contribution in [2.24, 2.45) is 16.6 Å². The van der Waals surface area contributed by atoms with E-state index in [2.05, 4.69) is 30.3 Å². The highest BCUT2D eigenvalue weighted by atomic mass is 14.9. The maximum Gasteiger partial charge on any atom is 0.0972 e. The number of hydrogen-bond donors (Lipinski definition) is 1. The fraction of sp³-hybridized carbons (Fsp3) is 0.562. The van der Waals surface area contributed by atoms with Crippen LogP contribution in [0.5, 0.6) is 0 Å². The summed E-state index contributed by atoms with van der Waals surface area (Å²) in [5, 5.41) is 0. The Balaban J connectivity index is 1.61. The summed E-state index contributed by atoms with van der Waals surface area (Å²) in [5.74, 6) is 2.11. The van der Waals surface area contributed by atoms with Gasteiger partial charge in [0.05, 0.1) is 11.9 Å². The molecule has 2 aliphatic rings. The predicted molar refractivity (Wildman–Crippen MR) is 75.8 cm³/mol. The van der Waals surface area contributed by atoms with E-state index < -0.39 is 0 Å². The average molecular weight is 242 g/mol. The van der Waals surface area contributed by atoms with Gasteiger partial charge in [0, 0.05) is 11.8 Å². The first-order chi connectivity index (χ1) is 8.84. The SMILES string of the molecule is NC(=NC1CC1c1ccccc1)C1CCCCC1. The van der Waals surface area contributed by atoms with Gasteiger partial charge in [-0.25, -0.2) is 0 Å². The molecule has 0 aliphatic heterocycles. The zero-order chi connectivity index (χ0) is 12.4. The Hall–Kier alpha value is -1.31. The smallest absolute Gasteiger partial charge is 0.0972 e. The maximum absolute atomic E-state index is 6.18. The lowest BCUT2D eigenvalue weighted by Crippen LogP contribution is -2.26. The Kier molecular flexibility index (Phi) is 3.35. The number of hydrogen-bond acceptors (Lipinski definition) is 1. The van der Waals surface area contributed by atoms with Gasteiger partial charge in [0.15, 0.2) is 0 Å². The van der Waals surface area contributed by atoms with E-state index in [0.29, 0.717) is 17.9 Å². The van der Waals surface area contributed by atoms with E-state index in [0.717, 1.165) is 5.84 Å². The molecule has 2 aliphatic carbocycles. The van der Waals surface area contributed by atoms with Crippen LogP contribution in [0.25, 0.3) is 0 Å². The van der Waals surface area contributed by atoms with Crippen molar-refractivity contribution in [2.75, 3.05) is 0 Å². The molecular weight excluding hydrogens is 220 g/mol. The molecule has 2 heteroatoms. The second-order valence-corrected chi connectivity index (χ2v) is 5.71. The van der Waals surface area contributed by atoms with Gasteiger partial charge >= 0.3 is 0 Å². The number of nitrogens with zero attached hydrogens (tertiary/aromatic N) is 1. The summed E-state index contributed by atoms with van der Waals surface area (Å²) < 4.78 is 0. The molecule has 2 fully saturated rings. The Bertz CT molecular complexity index is 418. The molecule has 0 heterocycles. The molecular formula is C16H22N2. The van der Waals surface area contributed by atoms with Crippen molar-refractivity contribution >= 4 is 5.84 Å². The zero-order valence-electron chi connectivity index (χ0n) is 10.9. The summed E-state index contributed by atoms with van der Waals surface area (Å²) in [5.41, 5.74) is 7.60. The normalized spacial score (nSPS) is 29.2. The van der Waals surface area contributed by atoms with E-state index in [4.69, 9.17) is 10.7 Å². The van der Waals surface area contributed by atoms with Crippen molar-refractivity contribution in [1.29, 1.82) is 0 Å². The van der Waals surface area contributed by atoms with Gasteiger partial charge in [0.2, 0.25) is 0 Å². The molecule has 3 rings (SSSR count). The molecule has 0 amide bonds. The second kappa shape index (κ2) is 5.13. The van der Waals surface area contributed by atoms with Crippen LogP contribution in [0, 0.1) is 5.92 Å². The Labute approximate surface area is 109 Å². The number of rotatable bonds is 3. The summed E-state index contributed by atoms with van der Waals surface area (Å²) in [6, 6.07) is 11.2. The first-order valence-corrected chi connectivity index (χ1v) is 7.22. The number of benzene rings is 1. The molecule has 0 aromatic heterocycles. The summed E-state index contributed by atoms with van der Waals surface area (Å²) in [4.78, 5) is 4.76. The van der Waals surface area contributed by atoms with Crippen molar-refractivity contribution in [3.8, 4) is 0 Å². The average Bonchev–Trinajstić information content (AvgIpc) is 3.20. The summed E-state index contributed by atoms with van der Waals surface area (Å²) in [6.07, 6.45) is 7.70. The lowest BCUT2D eigenvalue weighted by molar-refractivity contribution is 0.436. The van der Waals surface area contributed by atoms with Crippen LogP contribution in [0.4, 0.5) is 0 Å². The van der Waals surface area contributed by atoms with Crippen molar-refractivity contribution in [3.63, 3.8) is 0 Å². The van der Waals surface area contributed by atoms with Gasteiger partial charge in [-0.15, -0.1) is 0 Å². The van der Waals surface area contributed by atoms with E-state index in [-0.39, 0.29) is 0 Å². The lowest BCUT2D eigenvalue weighted by Gasteiger charge is -2.20. The van der Waals surface area contributed by atoms with E-state index in [9.17, 15) is 0 Å². The van der Waals surface area contributed by atoms with Crippen LogP contribution in [-0.4, -0.2) is 11.9 Å². The molecule has 1 aromatic rings. The number of amidine groups is 1. The van der Waals surface area contributed by atoms with E-state index >= 15 is 0 Å². The lowest BCUT2D eigenvalue weighted by atomic mass is 9.88.